The van der Waals surface area contributed by atoms with Gasteiger partial charge in [-0.1, -0.05) is 6.92 Å². The van der Waals surface area contributed by atoms with Gasteiger partial charge >= 0.3 is 0 Å². The fourth-order valence-corrected chi connectivity index (χ4v) is 2.67. The third-order valence-electron chi connectivity index (χ3n) is 3.78. The van der Waals surface area contributed by atoms with Gasteiger partial charge in [-0.3, -0.25) is 4.79 Å². The van der Waals surface area contributed by atoms with Crippen LogP contribution in [0.2, 0.25) is 0 Å². The van der Waals surface area contributed by atoms with Crippen LogP contribution < -0.4 is 5.32 Å². The molecule has 2 fully saturated rings. The maximum absolute atomic E-state index is 11.9. The number of carbonyl (C=O) groups is 1. The van der Waals surface area contributed by atoms with Gasteiger partial charge in [0, 0.05) is 25.6 Å². The van der Waals surface area contributed by atoms with Crippen LogP contribution in [-0.2, 0) is 4.79 Å². The van der Waals surface area contributed by atoms with E-state index in [1.807, 2.05) is 4.90 Å². The summed E-state index contributed by atoms with van der Waals surface area (Å²) in [4.78, 5) is 14.0. The molecular formula is C12H22N2O. The molecule has 3 nitrogen and oxygen atoms in total. The molecule has 86 valence electrons. The quantitative estimate of drug-likeness (QED) is 0.747. The van der Waals surface area contributed by atoms with Gasteiger partial charge in [0.2, 0.25) is 5.91 Å². The second-order valence-corrected chi connectivity index (χ2v) is 4.97. The van der Waals surface area contributed by atoms with Crippen LogP contribution in [0.3, 0.4) is 0 Å². The molecule has 2 aliphatic heterocycles. The molecule has 1 N–H and O–H groups in total. The van der Waals surface area contributed by atoms with Gasteiger partial charge in [-0.25, -0.2) is 0 Å². The zero-order valence-corrected chi connectivity index (χ0v) is 9.67. The van der Waals surface area contributed by atoms with Gasteiger partial charge in [0.15, 0.2) is 0 Å². The Kier molecular flexibility index (Phi) is 3.62. The molecule has 0 aromatic rings. The van der Waals surface area contributed by atoms with E-state index in [2.05, 4.69) is 12.2 Å². The SMILES string of the molecule is CC1CCCNC1CC(=O)N1CCCC1. The lowest BCUT2D eigenvalue weighted by Crippen LogP contribution is -2.44. The second-order valence-electron chi connectivity index (χ2n) is 4.97. The van der Waals surface area contributed by atoms with Crippen molar-refractivity contribution in [3.8, 4) is 0 Å². The molecule has 0 aromatic carbocycles. The first-order valence-electron chi connectivity index (χ1n) is 6.28. The Morgan fingerprint density at radius 1 is 1.33 bits per heavy atom. The van der Waals surface area contributed by atoms with Crippen LogP contribution in [0.25, 0.3) is 0 Å². The highest BCUT2D eigenvalue weighted by atomic mass is 16.2. The van der Waals surface area contributed by atoms with Gasteiger partial charge in [-0.05, 0) is 38.1 Å². The van der Waals surface area contributed by atoms with Crippen LogP contribution in [-0.4, -0.2) is 36.5 Å². The van der Waals surface area contributed by atoms with Crippen molar-refractivity contribution < 1.29 is 4.79 Å². The molecule has 2 rings (SSSR count). The number of likely N-dealkylation sites (tertiary alicyclic amines) is 1. The minimum atomic E-state index is 0.360. The summed E-state index contributed by atoms with van der Waals surface area (Å²) in [5, 5.41) is 3.48. The summed E-state index contributed by atoms with van der Waals surface area (Å²) in [7, 11) is 0. The first kappa shape index (κ1) is 10.9. The predicted octanol–water partition coefficient (Wildman–Crippen LogP) is 1.39. The van der Waals surface area contributed by atoms with Crippen molar-refractivity contribution in [1.82, 2.24) is 10.2 Å². The van der Waals surface area contributed by atoms with E-state index in [1.165, 1.54) is 25.7 Å². The number of amides is 1. The van der Waals surface area contributed by atoms with Crippen molar-refractivity contribution in [1.29, 1.82) is 0 Å². The topological polar surface area (TPSA) is 32.3 Å². The normalized spacial score (nSPS) is 31.9. The number of hydrogen-bond acceptors (Lipinski definition) is 2. The fourth-order valence-electron chi connectivity index (χ4n) is 2.67. The first-order valence-corrected chi connectivity index (χ1v) is 6.28. The molecule has 0 aliphatic carbocycles. The van der Waals surface area contributed by atoms with Gasteiger partial charge in [0.25, 0.3) is 0 Å². The summed E-state index contributed by atoms with van der Waals surface area (Å²) in [6, 6.07) is 0.423. The van der Waals surface area contributed by atoms with Crippen molar-refractivity contribution >= 4 is 5.91 Å². The number of carbonyl (C=O) groups excluding carboxylic acids is 1. The molecule has 0 aromatic heterocycles. The van der Waals surface area contributed by atoms with E-state index in [4.69, 9.17) is 0 Å². The van der Waals surface area contributed by atoms with E-state index in [-0.39, 0.29) is 0 Å². The van der Waals surface area contributed by atoms with Gasteiger partial charge in [-0.15, -0.1) is 0 Å². The van der Waals surface area contributed by atoms with Gasteiger partial charge in [0.1, 0.15) is 0 Å². The maximum Gasteiger partial charge on any atom is 0.224 e. The highest BCUT2D eigenvalue weighted by Crippen LogP contribution is 2.19. The van der Waals surface area contributed by atoms with Gasteiger partial charge in [0.05, 0.1) is 0 Å². The third kappa shape index (κ3) is 2.71. The van der Waals surface area contributed by atoms with Crippen LogP contribution in [0.5, 0.6) is 0 Å². The summed E-state index contributed by atoms with van der Waals surface area (Å²) in [5.74, 6) is 1.02. The van der Waals surface area contributed by atoms with Crippen LogP contribution >= 0.6 is 0 Å². The molecule has 1 amide bonds. The summed E-state index contributed by atoms with van der Waals surface area (Å²) in [6.07, 6.45) is 5.63. The molecule has 2 heterocycles. The van der Waals surface area contributed by atoms with E-state index in [1.54, 1.807) is 0 Å². The highest BCUT2D eigenvalue weighted by molar-refractivity contribution is 5.77. The summed E-state index contributed by atoms with van der Waals surface area (Å²) >= 11 is 0. The zero-order chi connectivity index (χ0) is 10.7. The minimum Gasteiger partial charge on any atom is -0.343 e. The van der Waals surface area contributed by atoms with Crippen LogP contribution in [0.4, 0.5) is 0 Å². The van der Waals surface area contributed by atoms with Crippen molar-refractivity contribution in [2.45, 2.75) is 45.1 Å². The molecule has 2 unspecified atom stereocenters. The molecule has 0 spiro atoms. The monoisotopic (exact) mass is 210 g/mol. The number of hydrogen-bond donors (Lipinski definition) is 1. The third-order valence-corrected chi connectivity index (χ3v) is 3.78. The molecule has 15 heavy (non-hydrogen) atoms. The Morgan fingerprint density at radius 3 is 2.73 bits per heavy atom. The Morgan fingerprint density at radius 2 is 2.07 bits per heavy atom. The molecule has 0 saturated carbocycles. The first-order chi connectivity index (χ1) is 7.27. The molecule has 0 bridgehead atoms. The Labute approximate surface area is 92.2 Å². The molecule has 2 atom stereocenters. The summed E-state index contributed by atoms with van der Waals surface area (Å²) in [5.41, 5.74) is 0. The highest BCUT2D eigenvalue weighted by Gasteiger charge is 2.26. The van der Waals surface area contributed by atoms with Crippen molar-refractivity contribution in [3.05, 3.63) is 0 Å². The lowest BCUT2D eigenvalue weighted by atomic mass is 9.90. The number of rotatable bonds is 2. The summed E-state index contributed by atoms with van der Waals surface area (Å²) in [6.45, 7) is 5.32. The van der Waals surface area contributed by atoms with Crippen LogP contribution in [0.1, 0.15) is 39.0 Å². The lowest BCUT2D eigenvalue weighted by Gasteiger charge is -2.30. The Hall–Kier alpha value is -0.570. The average molecular weight is 210 g/mol. The fraction of sp³-hybridized carbons (Fsp3) is 0.917. The van der Waals surface area contributed by atoms with E-state index >= 15 is 0 Å². The average Bonchev–Trinajstić information content (AvgIpc) is 2.74. The van der Waals surface area contributed by atoms with Crippen molar-refractivity contribution in [3.63, 3.8) is 0 Å². The van der Waals surface area contributed by atoms with Crippen LogP contribution in [0.15, 0.2) is 0 Å². The van der Waals surface area contributed by atoms with E-state index in [0.717, 1.165) is 19.6 Å². The van der Waals surface area contributed by atoms with Crippen molar-refractivity contribution in [2.75, 3.05) is 19.6 Å². The lowest BCUT2D eigenvalue weighted by molar-refractivity contribution is -0.131. The predicted molar refractivity (Wildman–Crippen MR) is 60.6 cm³/mol. The minimum absolute atomic E-state index is 0.360. The molecule has 0 radical (unpaired) electrons. The van der Waals surface area contributed by atoms with E-state index in [0.29, 0.717) is 24.3 Å². The number of nitrogens with zero attached hydrogens (tertiary/aromatic N) is 1. The molecule has 2 aliphatic rings. The molecule has 2 saturated heterocycles. The largest absolute Gasteiger partial charge is 0.343 e. The maximum atomic E-state index is 11.9. The summed E-state index contributed by atoms with van der Waals surface area (Å²) < 4.78 is 0. The standard InChI is InChI=1S/C12H22N2O/c1-10-5-4-6-13-11(10)9-12(15)14-7-2-3-8-14/h10-11,13H,2-9H2,1H3. The number of piperidine rings is 1. The molecule has 3 heteroatoms. The van der Waals surface area contributed by atoms with Crippen LogP contribution in [0, 0.1) is 5.92 Å². The van der Waals surface area contributed by atoms with Gasteiger partial charge in [-0.2, -0.15) is 0 Å². The second kappa shape index (κ2) is 4.97. The Bertz CT molecular complexity index is 224. The smallest absolute Gasteiger partial charge is 0.224 e. The molecular weight excluding hydrogens is 188 g/mol. The Balaban J connectivity index is 1.81. The van der Waals surface area contributed by atoms with E-state index in [9.17, 15) is 4.79 Å². The number of nitrogens with one attached hydrogen (secondary N) is 1. The van der Waals surface area contributed by atoms with E-state index < -0.39 is 0 Å². The van der Waals surface area contributed by atoms with Gasteiger partial charge < -0.3 is 10.2 Å². The van der Waals surface area contributed by atoms with Crippen molar-refractivity contribution in [2.24, 2.45) is 5.92 Å². The zero-order valence-electron chi connectivity index (χ0n) is 9.67.